The lowest BCUT2D eigenvalue weighted by molar-refractivity contribution is -0.00113. The molecule has 4 aromatic rings. The lowest BCUT2D eigenvalue weighted by atomic mass is 10.1. The third-order valence-electron chi connectivity index (χ3n) is 5.08. The van der Waals surface area contributed by atoms with Crippen LogP contribution in [0.4, 0.5) is 0 Å². The highest BCUT2D eigenvalue weighted by atomic mass is 16.7. The van der Waals surface area contributed by atoms with Gasteiger partial charge >= 0.3 is 0 Å². The van der Waals surface area contributed by atoms with Crippen molar-refractivity contribution in [1.29, 1.82) is 0 Å². The highest BCUT2D eigenvalue weighted by molar-refractivity contribution is 5.63. The minimum absolute atomic E-state index is 0.0247. The average molecular weight is 388 g/mol. The normalized spacial score (nSPS) is 17.3. The van der Waals surface area contributed by atoms with Gasteiger partial charge in [0.05, 0.1) is 18.8 Å². The first kappa shape index (κ1) is 16.3. The van der Waals surface area contributed by atoms with Crippen LogP contribution in [0.15, 0.2) is 59.1 Å². The molecule has 8 nitrogen and oxygen atoms in total. The maximum atomic E-state index is 6.00. The van der Waals surface area contributed by atoms with Gasteiger partial charge < -0.3 is 18.7 Å². The number of rotatable bonds is 3. The van der Waals surface area contributed by atoms with Crippen molar-refractivity contribution in [2.75, 3.05) is 6.79 Å². The number of hydrogen-bond acceptors (Lipinski definition) is 7. The summed E-state index contributed by atoms with van der Waals surface area (Å²) in [7, 11) is 0. The fraction of sp³-hybridized carbons (Fsp3) is 0.190. The minimum atomic E-state index is -0.0247. The van der Waals surface area contributed by atoms with Crippen LogP contribution in [-0.4, -0.2) is 26.7 Å². The predicted molar refractivity (Wildman–Crippen MR) is 101 cm³/mol. The molecule has 1 atom stereocenters. The van der Waals surface area contributed by atoms with E-state index in [2.05, 4.69) is 27.4 Å². The second-order valence-corrected chi connectivity index (χ2v) is 6.90. The van der Waals surface area contributed by atoms with Crippen LogP contribution in [0.1, 0.15) is 17.4 Å². The van der Waals surface area contributed by atoms with Crippen LogP contribution >= 0.6 is 0 Å². The number of ether oxygens (including phenoxy) is 3. The van der Waals surface area contributed by atoms with Gasteiger partial charge in [-0.2, -0.15) is 10.1 Å². The first-order chi connectivity index (χ1) is 14.3. The molecule has 0 bridgehead atoms. The zero-order valence-electron chi connectivity index (χ0n) is 15.3. The van der Waals surface area contributed by atoms with Gasteiger partial charge in [0.15, 0.2) is 17.2 Å². The smallest absolute Gasteiger partial charge is 0.278 e. The van der Waals surface area contributed by atoms with E-state index in [0.29, 0.717) is 42.1 Å². The van der Waals surface area contributed by atoms with Crippen molar-refractivity contribution in [3.05, 3.63) is 65.9 Å². The molecule has 6 rings (SSSR count). The zero-order valence-corrected chi connectivity index (χ0v) is 15.3. The largest absolute Gasteiger partial charge is 0.454 e. The first-order valence-electron chi connectivity index (χ1n) is 9.31. The number of benzene rings is 2. The Hall–Kier alpha value is -3.65. The summed E-state index contributed by atoms with van der Waals surface area (Å²) in [5.41, 5.74) is 3.55. The van der Waals surface area contributed by atoms with E-state index in [0.717, 1.165) is 16.8 Å². The van der Waals surface area contributed by atoms with Crippen molar-refractivity contribution >= 4 is 0 Å². The van der Waals surface area contributed by atoms with Gasteiger partial charge in [-0.05, 0) is 29.8 Å². The molecule has 2 aliphatic heterocycles. The van der Waals surface area contributed by atoms with Gasteiger partial charge in [0.2, 0.25) is 12.6 Å². The molecule has 29 heavy (non-hydrogen) atoms. The highest BCUT2D eigenvalue weighted by Crippen LogP contribution is 2.35. The summed E-state index contributed by atoms with van der Waals surface area (Å²) in [6.07, 6.45) is -0.0247. The number of aromatic nitrogens is 4. The summed E-state index contributed by atoms with van der Waals surface area (Å²) in [4.78, 5) is 4.51. The van der Waals surface area contributed by atoms with Crippen LogP contribution in [0, 0.1) is 0 Å². The highest BCUT2D eigenvalue weighted by Gasteiger charge is 2.24. The molecule has 0 spiro atoms. The van der Waals surface area contributed by atoms with Crippen molar-refractivity contribution < 1.29 is 18.7 Å². The molecule has 2 aromatic heterocycles. The molecule has 0 amide bonds. The Morgan fingerprint density at radius 1 is 0.966 bits per heavy atom. The Morgan fingerprint density at radius 2 is 1.86 bits per heavy atom. The van der Waals surface area contributed by atoms with Crippen molar-refractivity contribution in [2.24, 2.45) is 0 Å². The Morgan fingerprint density at radius 3 is 2.79 bits per heavy atom. The third-order valence-corrected chi connectivity index (χ3v) is 5.08. The third kappa shape index (κ3) is 2.85. The quantitative estimate of drug-likeness (QED) is 0.530. The van der Waals surface area contributed by atoms with E-state index in [1.165, 1.54) is 0 Å². The summed E-state index contributed by atoms with van der Waals surface area (Å²) in [6, 6.07) is 17.6. The van der Waals surface area contributed by atoms with E-state index in [9.17, 15) is 0 Å². The number of nitrogens with zero attached hydrogens (tertiary/aromatic N) is 4. The summed E-state index contributed by atoms with van der Waals surface area (Å²) >= 11 is 0. The molecule has 0 radical (unpaired) electrons. The van der Waals surface area contributed by atoms with Crippen molar-refractivity contribution in [3.8, 4) is 34.5 Å². The molecule has 144 valence electrons. The van der Waals surface area contributed by atoms with E-state index >= 15 is 0 Å². The van der Waals surface area contributed by atoms with Gasteiger partial charge in [-0.3, -0.25) is 4.68 Å². The predicted octanol–water partition coefficient (Wildman–Crippen LogP) is 3.60. The van der Waals surface area contributed by atoms with Gasteiger partial charge in [-0.1, -0.05) is 35.5 Å². The van der Waals surface area contributed by atoms with Crippen LogP contribution in [0.2, 0.25) is 0 Å². The van der Waals surface area contributed by atoms with Gasteiger partial charge in [0.1, 0.15) is 6.10 Å². The molecule has 0 N–H and O–H groups in total. The standard InChI is InChI=1S/C21H16N4O4/c1-2-4-13(5-3-1)19-10-25-15(11-26-19)9-16(23-25)21-22-20(24-29-21)14-6-7-17-18(8-14)28-12-27-17/h1-9,19H,10-12H2/t19-/m0/s1. The molecular weight excluding hydrogens is 372 g/mol. The molecule has 4 heterocycles. The average Bonchev–Trinajstić information content (AvgIpc) is 3.51. The fourth-order valence-corrected chi connectivity index (χ4v) is 3.58. The Labute approximate surface area is 165 Å². The van der Waals surface area contributed by atoms with Crippen molar-refractivity contribution in [1.82, 2.24) is 19.9 Å². The van der Waals surface area contributed by atoms with Gasteiger partial charge in [-0.15, -0.1) is 0 Å². The molecule has 0 aliphatic carbocycles. The molecule has 0 unspecified atom stereocenters. The maximum Gasteiger partial charge on any atom is 0.278 e. The number of fused-ring (bicyclic) bond motifs is 2. The summed E-state index contributed by atoms with van der Waals surface area (Å²) in [5.74, 6) is 2.24. The Balaban J connectivity index is 1.27. The second kappa shape index (κ2) is 6.46. The SMILES string of the molecule is c1ccc([C@@H]2Cn3nc(-c4nc(-c5ccc6c(c5)OCO6)no4)cc3CO2)cc1. The van der Waals surface area contributed by atoms with Crippen LogP contribution in [-0.2, 0) is 17.9 Å². The maximum absolute atomic E-state index is 6.00. The summed E-state index contributed by atoms with van der Waals surface area (Å²) in [5, 5.41) is 8.75. The van der Waals surface area contributed by atoms with Gasteiger partial charge in [-0.25, -0.2) is 0 Å². The number of hydrogen-bond donors (Lipinski definition) is 0. The molecule has 8 heteroatoms. The fourth-order valence-electron chi connectivity index (χ4n) is 3.58. The summed E-state index contributed by atoms with van der Waals surface area (Å²) in [6.45, 7) is 1.35. The Bertz CT molecular complexity index is 1180. The summed E-state index contributed by atoms with van der Waals surface area (Å²) < 4.78 is 24.2. The monoisotopic (exact) mass is 388 g/mol. The van der Waals surface area contributed by atoms with E-state index in [1.807, 2.05) is 47.1 Å². The molecule has 0 saturated carbocycles. The lowest BCUT2D eigenvalue weighted by Gasteiger charge is -2.24. The minimum Gasteiger partial charge on any atom is -0.454 e. The van der Waals surface area contributed by atoms with E-state index in [4.69, 9.17) is 18.7 Å². The van der Waals surface area contributed by atoms with E-state index in [1.54, 1.807) is 0 Å². The topological polar surface area (TPSA) is 84.4 Å². The van der Waals surface area contributed by atoms with Gasteiger partial charge in [0, 0.05) is 5.56 Å². The molecular formula is C21H16N4O4. The zero-order chi connectivity index (χ0) is 19.2. The molecule has 0 saturated heterocycles. The van der Waals surface area contributed by atoms with Gasteiger partial charge in [0.25, 0.3) is 5.89 Å². The molecule has 2 aliphatic rings. The van der Waals surface area contributed by atoms with Crippen LogP contribution in [0.25, 0.3) is 23.0 Å². The van der Waals surface area contributed by atoms with E-state index < -0.39 is 0 Å². The van der Waals surface area contributed by atoms with Crippen LogP contribution in [0.3, 0.4) is 0 Å². The van der Waals surface area contributed by atoms with Crippen molar-refractivity contribution in [3.63, 3.8) is 0 Å². The molecule has 2 aromatic carbocycles. The van der Waals surface area contributed by atoms with Crippen molar-refractivity contribution in [2.45, 2.75) is 19.3 Å². The first-order valence-corrected chi connectivity index (χ1v) is 9.31. The lowest BCUT2D eigenvalue weighted by Crippen LogP contribution is -2.21. The second-order valence-electron chi connectivity index (χ2n) is 6.90. The van der Waals surface area contributed by atoms with Crippen LogP contribution in [0.5, 0.6) is 11.5 Å². The van der Waals surface area contributed by atoms with E-state index in [-0.39, 0.29) is 12.9 Å². The molecule has 0 fully saturated rings. The Kier molecular flexibility index (Phi) is 3.63. The van der Waals surface area contributed by atoms with Crippen LogP contribution < -0.4 is 9.47 Å².